The molecule has 6 heteroatoms. The highest BCUT2D eigenvalue weighted by molar-refractivity contribution is 5.32. The van der Waals surface area contributed by atoms with Crippen LogP contribution in [0, 0.1) is 17.8 Å². The quantitative estimate of drug-likeness (QED) is 0.748. The molecule has 0 unspecified atom stereocenters. The minimum Gasteiger partial charge on any atom is -0.485 e. The first-order chi connectivity index (χ1) is 13.6. The lowest BCUT2D eigenvalue weighted by atomic mass is 9.87. The Labute approximate surface area is 170 Å². The van der Waals surface area contributed by atoms with Crippen molar-refractivity contribution < 1.29 is 4.74 Å². The van der Waals surface area contributed by atoms with E-state index in [1.807, 2.05) is 12.4 Å². The van der Waals surface area contributed by atoms with E-state index in [1.54, 1.807) is 0 Å². The summed E-state index contributed by atoms with van der Waals surface area (Å²) in [7, 11) is 2.23. The number of anilines is 1. The summed E-state index contributed by atoms with van der Waals surface area (Å²) >= 11 is 0. The van der Waals surface area contributed by atoms with E-state index in [9.17, 15) is 0 Å². The molecule has 156 valence electrons. The summed E-state index contributed by atoms with van der Waals surface area (Å²) in [5.41, 5.74) is 0. The highest BCUT2D eigenvalue weighted by Gasteiger charge is 2.31. The van der Waals surface area contributed by atoms with Gasteiger partial charge in [0.2, 0.25) is 5.95 Å². The van der Waals surface area contributed by atoms with Crippen LogP contribution in [0.5, 0.6) is 5.75 Å². The number of hydrogen-bond donors (Lipinski definition) is 0. The Morgan fingerprint density at radius 2 is 1.64 bits per heavy atom. The Hall–Kier alpha value is -1.40. The number of hydrogen-bond acceptors (Lipinski definition) is 6. The van der Waals surface area contributed by atoms with Crippen LogP contribution in [-0.2, 0) is 0 Å². The summed E-state index contributed by atoms with van der Waals surface area (Å²) < 4.78 is 6.08. The first-order valence-electron chi connectivity index (χ1n) is 11.2. The second kappa shape index (κ2) is 8.95. The molecule has 0 aromatic carbocycles. The predicted molar refractivity (Wildman–Crippen MR) is 113 cm³/mol. The molecule has 0 amide bonds. The van der Waals surface area contributed by atoms with E-state index >= 15 is 0 Å². The zero-order chi connectivity index (χ0) is 19.5. The fourth-order valence-corrected chi connectivity index (χ4v) is 4.85. The molecule has 3 saturated heterocycles. The second-order valence-corrected chi connectivity index (χ2v) is 9.49. The maximum atomic E-state index is 6.08. The molecule has 0 saturated carbocycles. The Bertz CT molecular complexity index is 600. The number of nitrogens with zero attached hydrogens (tertiary/aromatic N) is 5. The van der Waals surface area contributed by atoms with Gasteiger partial charge in [-0.3, -0.25) is 4.90 Å². The predicted octanol–water partition coefficient (Wildman–Crippen LogP) is 2.75. The molecule has 1 aromatic heterocycles. The molecule has 0 N–H and O–H groups in total. The van der Waals surface area contributed by atoms with Gasteiger partial charge in [-0.15, -0.1) is 0 Å². The number of likely N-dealkylation sites (tertiary alicyclic amines) is 2. The smallest absolute Gasteiger partial charge is 0.225 e. The Kier molecular flexibility index (Phi) is 6.36. The summed E-state index contributed by atoms with van der Waals surface area (Å²) in [6.07, 6.45) is 9.17. The van der Waals surface area contributed by atoms with E-state index in [-0.39, 0.29) is 0 Å². The van der Waals surface area contributed by atoms with Crippen molar-refractivity contribution in [1.29, 1.82) is 0 Å². The summed E-state index contributed by atoms with van der Waals surface area (Å²) in [4.78, 5) is 16.4. The van der Waals surface area contributed by atoms with E-state index in [0.29, 0.717) is 6.10 Å². The molecular weight excluding hydrogens is 350 g/mol. The van der Waals surface area contributed by atoms with Crippen LogP contribution >= 0.6 is 0 Å². The molecule has 0 aliphatic carbocycles. The van der Waals surface area contributed by atoms with Crippen molar-refractivity contribution in [3.05, 3.63) is 12.4 Å². The molecule has 28 heavy (non-hydrogen) atoms. The number of aromatic nitrogens is 2. The van der Waals surface area contributed by atoms with Crippen molar-refractivity contribution >= 4 is 5.95 Å². The fraction of sp³-hybridized carbons (Fsp3) is 0.818. The number of rotatable bonds is 6. The topological polar surface area (TPSA) is 44.7 Å². The van der Waals surface area contributed by atoms with Crippen LogP contribution in [0.3, 0.4) is 0 Å². The molecule has 3 fully saturated rings. The fourth-order valence-electron chi connectivity index (χ4n) is 4.85. The lowest BCUT2D eigenvalue weighted by Gasteiger charge is -2.42. The van der Waals surface area contributed by atoms with Gasteiger partial charge in [-0.05, 0) is 63.6 Å². The highest BCUT2D eigenvalue weighted by Crippen LogP contribution is 2.27. The standard InChI is InChI=1S/C22H37N5O/c1-17(2)19-6-10-27(11-7-19)22-23-12-20(13-24-22)28-21-15-26(16-21)14-18-4-8-25(3)9-5-18/h12-13,17-19,21H,4-11,14-16H2,1-3H3. The zero-order valence-corrected chi connectivity index (χ0v) is 17.9. The van der Waals surface area contributed by atoms with Crippen LogP contribution in [0.4, 0.5) is 5.95 Å². The van der Waals surface area contributed by atoms with E-state index in [4.69, 9.17) is 4.74 Å². The highest BCUT2D eigenvalue weighted by atomic mass is 16.5. The minimum absolute atomic E-state index is 0.294. The van der Waals surface area contributed by atoms with Gasteiger partial charge in [-0.25, -0.2) is 9.97 Å². The zero-order valence-electron chi connectivity index (χ0n) is 17.9. The molecule has 4 rings (SSSR count). The SMILES string of the molecule is CC(C)C1CCN(c2ncc(OC3CN(CC4CCN(C)CC4)C3)cn2)CC1. The van der Waals surface area contributed by atoms with Crippen molar-refractivity contribution in [2.45, 2.75) is 45.6 Å². The molecule has 3 aliphatic heterocycles. The molecule has 0 atom stereocenters. The van der Waals surface area contributed by atoms with Gasteiger partial charge in [0.25, 0.3) is 0 Å². The molecule has 1 aromatic rings. The largest absolute Gasteiger partial charge is 0.485 e. The van der Waals surface area contributed by atoms with Crippen LogP contribution in [0.15, 0.2) is 12.4 Å². The monoisotopic (exact) mass is 387 g/mol. The van der Waals surface area contributed by atoms with Crippen LogP contribution < -0.4 is 9.64 Å². The third-order valence-corrected chi connectivity index (χ3v) is 6.96. The van der Waals surface area contributed by atoms with Crippen LogP contribution in [0.25, 0.3) is 0 Å². The van der Waals surface area contributed by atoms with Crippen LogP contribution in [0.1, 0.15) is 39.5 Å². The van der Waals surface area contributed by atoms with E-state index in [0.717, 1.165) is 55.6 Å². The minimum atomic E-state index is 0.294. The lowest BCUT2D eigenvalue weighted by Crippen LogP contribution is -2.55. The number of ether oxygens (including phenoxy) is 1. The summed E-state index contributed by atoms with van der Waals surface area (Å²) in [5, 5.41) is 0. The van der Waals surface area contributed by atoms with Crippen molar-refractivity contribution in [3.8, 4) is 5.75 Å². The van der Waals surface area contributed by atoms with Gasteiger partial charge in [-0.1, -0.05) is 13.8 Å². The second-order valence-electron chi connectivity index (χ2n) is 9.49. The van der Waals surface area contributed by atoms with Crippen LogP contribution in [-0.4, -0.2) is 78.7 Å². The summed E-state index contributed by atoms with van der Waals surface area (Å²) in [5.74, 6) is 4.15. The van der Waals surface area contributed by atoms with Gasteiger partial charge in [0.05, 0.1) is 12.4 Å². The summed E-state index contributed by atoms with van der Waals surface area (Å²) in [6, 6.07) is 0. The van der Waals surface area contributed by atoms with Gasteiger partial charge >= 0.3 is 0 Å². The average molecular weight is 388 g/mol. The van der Waals surface area contributed by atoms with Gasteiger partial charge in [-0.2, -0.15) is 0 Å². The molecule has 0 spiro atoms. The molecular formula is C22H37N5O. The van der Waals surface area contributed by atoms with Crippen LogP contribution in [0.2, 0.25) is 0 Å². The van der Waals surface area contributed by atoms with Crippen molar-refractivity contribution in [2.24, 2.45) is 17.8 Å². The Balaban J connectivity index is 1.18. The Morgan fingerprint density at radius 1 is 1.00 bits per heavy atom. The van der Waals surface area contributed by atoms with E-state index < -0.39 is 0 Å². The molecule has 0 radical (unpaired) electrons. The van der Waals surface area contributed by atoms with Gasteiger partial charge in [0, 0.05) is 32.7 Å². The maximum Gasteiger partial charge on any atom is 0.225 e. The number of piperidine rings is 2. The van der Waals surface area contributed by atoms with Crippen molar-refractivity contribution in [1.82, 2.24) is 19.8 Å². The molecule has 0 bridgehead atoms. The third kappa shape index (κ3) is 4.95. The molecule has 6 nitrogen and oxygen atoms in total. The first kappa shape index (κ1) is 19.9. The van der Waals surface area contributed by atoms with E-state index in [1.165, 1.54) is 45.3 Å². The molecule has 4 heterocycles. The van der Waals surface area contributed by atoms with Crippen molar-refractivity contribution in [2.75, 3.05) is 57.8 Å². The lowest BCUT2D eigenvalue weighted by molar-refractivity contribution is 0.00372. The normalized spacial score (nSPS) is 23.9. The van der Waals surface area contributed by atoms with Crippen molar-refractivity contribution in [3.63, 3.8) is 0 Å². The average Bonchev–Trinajstić information content (AvgIpc) is 2.68. The third-order valence-electron chi connectivity index (χ3n) is 6.96. The van der Waals surface area contributed by atoms with Gasteiger partial charge in [0.1, 0.15) is 6.10 Å². The summed E-state index contributed by atoms with van der Waals surface area (Å²) in [6.45, 7) is 12.6. The first-order valence-corrected chi connectivity index (χ1v) is 11.2. The maximum absolute atomic E-state index is 6.08. The van der Waals surface area contributed by atoms with Gasteiger partial charge in [0.15, 0.2) is 5.75 Å². The Morgan fingerprint density at radius 3 is 2.25 bits per heavy atom. The van der Waals surface area contributed by atoms with Gasteiger partial charge < -0.3 is 14.5 Å². The van der Waals surface area contributed by atoms with E-state index in [2.05, 4.69) is 45.6 Å². The molecule has 3 aliphatic rings.